The highest BCUT2D eigenvalue weighted by Crippen LogP contribution is 2.56. The molecular formula is C14H18N2. The van der Waals surface area contributed by atoms with E-state index in [1.807, 2.05) is 0 Å². The van der Waals surface area contributed by atoms with Gasteiger partial charge in [-0.25, -0.2) is 0 Å². The summed E-state index contributed by atoms with van der Waals surface area (Å²) in [5, 5.41) is 9.32. The Morgan fingerprint density at radius 3 is 2.19 bits per heavy atom. The average molecular weight is 214 g/mol. The van der Waals surface area contributed by atoms with Crippen LogP contribution in [0.15, 0.2) is 24.3 Å². The molecule has 0 bridgehead atoms. The van der Waals surface area contributed by atoms with Crippen molar-refractivity contribution < 1.29 is 0 Å². The normalized spacial score (nSPS) is 19.2. The summed E-state index contributed by atoms with van der Waals surface area (Å²) in [6.45, 7) is 2.09. The minimum Gasteiger partial charge on any atom is -0.301 e. The summed E-state index contributed by atoms with van der Waals surface area (Å²) in [4.78, 5) is 2.17. The van der Waals surface area contributed by atoms with Crippen molar-refractivity contribution in [2.75, 3.05) is 14.1 Å². The van der Waals surface area contributed by atoms with Gasteiger partial charge >= 0.3 is 0 Å². The van der Waals surface area contributed by atoms with Crippen LogP contribution in [0.3, 0.4) is 0 Å². The molecule has 1 atom stereocenters. The largest absolute Gasteiger partial charge is 0.301 e. The minimum atomic E-state index is -0.140. The van der Waals surface area contributed by atoms with Crippen molar-refractivity contribution in [3.8, 4) is 6.07 Å². The average Bonchev–Trinajstić information content (AvgIpc) is 3.02. The van der Waals surface area contributed by atoms with E-state index in [0.29, 0.717) is 0 Å². The molecule has 0 aromatic heterocycles. The van der Waals surface area contributed by atoms with E-state index in [9.17, 15) is 5.26 Å². The van der Waals surface area contributed by atoms with Gasteiger partial charge < -0.3 is 4.90 Å². The van der Waals surface area contributed by atoms with E-state index in [0.717, 1.165) is 12.8 Å². The van der Waals surface area contributed by atoms with Crippen LogP contribution >= 0.6 is 0 Å². The fourth-order valence-electron chi connectivity index (χ4n) is 2.44. The summed E-state index contributed by atoms with van der Waals surface area (Å²) in [6, 6.07) is 11.3. The number of hydrogen-bond donors (Lipinski definition) is 0. The molecule has 0 aliphatic heterocycles. The molecule has 0 radical (unpaired) electrons. The zero-order chi connectivity index (χ0) is 11.8. The highest BCUT2D eigenvalue weighted by atomic mass is 15.1. The molecular weight excluding hydrogens is 196 g/mol. The molecule has 2 heteroatoms. The Labute approximate surface area is 97.5 Å². The van der Waals surface area contributed by atoms with Gasteiger partial charge in [0.2, 0.25) is 0 Å². The lowest BCUT2D eigenvalue weighted by Gasteiger charge is -2.29. The van der Waals surface area contributed by atoms with E-state index >= 15 is 0 Å². The standard InChI is InChI=1S/C14H18N2/c1-11-4-6-12(7-5-11)13(16(2)3)14(10-15)8-9-14/h4-7,13H,8-9H2,1-3H3. The van der Waals surface area contributed by atoms with Crippen LogP contribution in [-0.4, -0.2) is 19.0 Å². The smallest absolute Gasteiger partial charge is 0.0771 e. The molecule has 0 amide bonds. The van der Waals surface area contributed by atoms with Crippen molar-refractivity contribution in [1.82, 2.24) is 4.90 Å². The predicted octanol–water partition coefficient (Wildman–Crippen LogP) is 2.90. The lowest BCUT2D eigenvalue weighted by molar-refractivity contribution is 0.232. The van der Waals surface area contributed by atoms with Crippen LogP contribution in [0.2, 0.25) is 0 Å². The molecule has 1 saturated carbocycles. The minimum absolute atomic E-state index is 0.140. The Hall–Kier alpha value is -1.33. The van der Waals surface area contributed by atoms with Crippen molar-refractivity contribution >= 4 is 0 Å². The molecule has 1 aromatic rings. The quantitative estimate of drug-likeness (QED) is 0.773. The number of nitrogens with zero attached hydrogens (tertiary/aromatic N) is 2. The summed E-state index contributed by atoms with van der Waals surface area (Å²) in [5.41, 5.74) is 2.39. The third-order valence-corrected chi connectivity index (χ3v) is 3.44. The van der Waals surface area contributed by atoms with E-state index in [2.05, 4.69) is 56.3 Å². The van der Waals surface area contributed by atoms with Gasteiger partial charge in [-0.1, -0.05) is 29.8 Å². The van der Waals surface area contributed by atoms with Crippen LogP contribution in [0.25, 0.3) is 0 Å². The zero-order valence-electron chi connectivity index (χ0n) is 10.2. The third kappa shape index (κ3) is 1.83. The monoisotopic (exact) mass is 214 g/mol. The Morgan fingerprint density at radius 2 is 1.81 bits per heavy atom. The first-order chi connectivity index (χ1) is 7.59. The molecule has 1 fully saturated rings. The molecule has 0 saturated heterocycles. The Morgan fingerprint density at radius 1 is 1.25 bits per heavy atom. The summed E-state index contributed by atoms with van der Waals surface area (Å²) in [5.74, 6) is 0. The van der Waals surface area contributed by atoms with Gasteiger partial charge in [-0.2, -0.15) is 5.26 Å². The first kappa shape index (κ1) is 11.2. The van der Waals surface area contributed by atoms with Crippen LogP contribution in [0.5, 0.6) is 0 Å². The lowest BCUT2D eigenvalue weighted by atomic mass is 9.90. The van der Waals surface area contributed by atoms with Gasteiger partial charge in [0.05, 0.1) is 17.5 Å². The van der Waals surface area contributed by atoms with Gasteiger partial charge in [-0.05, 0) is 39.4 Å². The van der Waals surface area contributed by atoms with Gasteiger partial charge in [-0.15, -0.1) is 0 Å². The second-order valence-electron chi connectivity index (χ2n) is 5.04. The maximum atomic E-state index is 9.32. The van der Waals surface area contributed by atoms with Gasteiger partial charge in [-0.3, -0.25) is 0 Å². The lowest BCUT2D eigenvalue weighted by Crippen LogP contribution is -2.27. The molecule has 0 heterocycles. The molecule has 1 unspecified atom stereocenters. The Kier molecular flexibility index (Phi) is 2.73. The number of nitriles is 1. The molecule has 1 aromatic carbocycles. The SMILES string of the molecule is Cc1ccc(C(N(C)C)C2(C#N)CC2)cc1. The van der Waals surface area contributed by atoms with E-state index in [4.69, 9.17) is 0 Å². The highest BCUT2D eigenvalue weighted by molar-refractivity contribution is 5.31. The fraction of sp³-hybridized carbons (Fsp3) is 0.500. The van der Waals surface area contributed by atoms with Crippen molar-refractivity contribution in [3.63, 3.8) is 0 Å². The summed E-state index contributed by atoms with van der Waals surface area (Å²) >= 11 is 0. The Bertz CT molecular complexity index is 407. The third-order valence-electron chi connectivity index (χ3n) is 3.44. The van der Waals surface area contributed by atoms with Crippen molar-refractivity contribution in [3.05, 3.63) is 35.4 Å². The highest BCUT2D eigenvalue weighted by Gasteiger charge is 2.51. The van der Waals surface area contributed by atoms with Crippen LogP contribution in [0.1, 0.15) is 30.0 Å². The van der Waals surface area contributed by atoms with Gasteiger partial charge in [0, 0.05) is 0 Å². The van der Waals surface area contributed by atoms with Crippen LogP contribution in [0, 0.1) is 23.7 Å². The zero-order valence-corrected chi connectivity index (χ0v) is 10.2. The molecule has 1 aliphatic carbocycles. The van der Waals surface area contributed by atoms with Crippen LogP contribution < -0.4 is 0 Å². The second-order valence-corrected chi connectivity index (χ2v) is 5.04. The van der Waals surface area contributed by atoms with E-state index in [1.54, 1.807) is 0 Å². The van der Waals surface area contributed by atoms with Gasteiger partial charge in [0.25, 0.3) is 0 Å². The second kappa shape index (κ2) is 3.92. The van der Waals surface area contributed by atoms with Gasteiger partial charge in [0.1, 0.15) is 0 Å². The van der Waals surface area contributed by atoms with Crippen molar-refractivity contribution in [2.45, 2.75) is 25.8 Å². The first-order valence-electron chi connectivity index (χ1n) is 5.73. The number of rotatable bonds is 3. The van der Waals surface area contributed by atoms with E-state index in [-0.39, 0.29) is 11.5 Å². The topological polar surface area (TPSA) is 27.0 Å². The van der Waals surface area contributed by atoms with Crippen LogP contribution in [-0.2, 0) is 0 Å². The summed E-state index contributed by atoms with van der Waals surface area (Å²) in [6.07, 6.45) is 2.06. The van der Waals surface area contributed by atoms with Crippen LogP contribution in [0.4, 0.5) is 0 Å². The molecule has 1 aliphatic rings. The summed E-state index contributed by atoms with van der Waals surface area (Å²) in [7, 11) is 4.11. The summed E-state index contributed by atoms with van der Waals surface area (Å²) < 4.78 is 0. The van der Waals surface area contributed by atoms with Gasteiger partial charge in [0.15, 0.2) is 0 Å². The fourth-order valence-corrected chi connectivity index (χ4v) is 2.44. The maximum Gasteiger partial charge on any atom is 0.0771 e. The maximum absolute atomic E-state index is 9.32. The number of hydrogen-bond acceptors (Lipinski definition) is 2. The van der Waals surface area contributed by atoms with Crippen molar-refractivity contribution in [1.29, 1.82) is 5.26 Å². The predicted molar refractivity (Wildman–Crippen MR) is 64.9 cm³/mol. The molecule has 2 rings (SSSR count). The number of aryl methyl sites for hydroxylation is 1. The molecule has 84 valence electrons. The molecule has 16 heavy (non-hydrogen) atoms. The molecule has 0 N–H and O–H groups in total. The molecule has 0 spiro atoms. The van der Waals surface area contributed by atoms with E-state index in [1.165, 1.54) is 11.1 Å². The number of benzene rings is 1. The Balaban J connectivity index is 2.34. The molecule has 2 nitrogen and oxygen atoms in total. The van der Waals surface area contributed by atoms with Crippen molar-refractivity contribution in [2.24, 2.45) is 5.41 Å². The first-order valence-corrected chi connectivity index (χ1v) is 5.73. The van der Waals surface area contributed by atoms with E-state index < -0.39 is 0 Å².